The summed E-state index contributed by atoms with van der Waals surface area (Å²) in [4.78, 5) is 5.12. The molecular formula is C28H21NO. The van der Waals surface area contributed by atoms with Crippen LogP contribution in [-0.2, 0) is 0 Å². The van der Waals surface area contributed by atoms with E-state index in [1.54, 1.807) is 7.11 Å². The molecule has 30 heavy (non-hydrogen) atoms. The number of hydrogen-bond donors (Lipinski definition) is 0. The van der Waals surface area contributed by atoms with Gasteiger partial charge in [-0.25, -0.2) is 4.98 Å². The molecule has 0 atom stereocenters. The molecule has 0 fully saturated rings. The first-order chi connectivity index (χ1) is 14.8. The van der Waals surface area contributed by atoms with Crippen molar-refractivity contribution in [3.05, 3.63) is 109 Å². The van der Waals surface area contributed by atoms with E-state index in [0.29, 0.717) is 0 Å². The molecule has 0 radical (unpaired) electrons. The average Bonchev–Trinajstić information content (AvgIpc) is 2.84. The van der Waals surface area contributed by atoms with Gasteiger partial charge in [-0.2, -0.15) is 0 Å². The second-order valence-corrected chi connectivity index (χ2v) is 7.19. The van der Waals surface area contributed by atoms with Gasteiger partial charge in [-0.1, -0.05) is 91.0 Å². The Hall–Kier alpha value is -3.91. The van der Waals surface area contributed by atoms with Crippen LogP contribution in [0.15, 0.2) is 109 Å². The number of nitrogens with zero attached hydrogens (tertiary/aromatic N) is 1. The number of benzene rings is 4. The third-order valence-corrected chi connectivity index (χ3v) is 5.38. The van der Waals surface area contributed by atoms with E-state index in [-0.39, 0.29) is 0 Å². The zero-order valence-corrected chi connectivity index (χ0v) is 16.7. The van der Waals surface area contributed by atoms with E-state index in [9.17, 15) is 0 Å². The Labute approximate surface area is 176 Å². The van der Waals surface area contributed by atoms with Crippen LogP contribution < -0.4 is 4.74 Å². The fourth-order valence-electron chi connectivity index (χ4n) is 3.96. The maximum atomic E-state index is 5.39. The van der Waals surface area contributed by atoms with Crippen molar-refractivity contribution in [3.8, 4) is 39.3 Å². The molecular weight excluding hydrogens is 366 g/mol. The number of rotatable bonds is 4. The first-order valence-electron chi connectivity index (χ1n) is 10.0. The van der Waals surface area contributed by atoms with Gasteiger partial charge in [-0.3, -0.25) is 0 Å². The van der Waals surface area contributed by atoms with Crippen molar-refractivity contribution in [3.63, 3.8) is 0 Å². The van der Waals surface area contributed by atoms with Crippen molar-refractivity contribution in [1.82, 2.24) is 4.98 Å². The zero-order valence-electron chi connectivity index (χ0n) is 16.7. The second kappa shape index (κ2) is 7.84. The van der Waals surface area contributed by atoms with E-state index in [2.05, 4.69) is 78.9 Å². The van der Waals surface area contributed by atoms with Crippen LogP contribution in [0.2, 0.25) is 0 Å². The van der Waals surface area contributed by atoms with Crippen molar-refractivity contribution >= 4 is 10.9 Å². The van der Waals surface area contributed by atoms with Gasteiger partial charge in [0.05, 0.1) is 18.3 Å². The number of pyridine rings is 1. The van der Waals surface area contributed by atoms with E-state index in [4.69, 9.17) is 9.72 Å². The summed E-state index contributed by atoms with van der Waals surface area (Å²) in [5, 5.41) is 1.14. The van der Waals surface area contributed by atoms with Gasteiger partial charge in [-0.05, 0) is 29.3 Å². The van der Waals surface area contributed by atoms with Crippen LogP contribution in [0.3, 0.4) is 0 Å². The molecule has 144 valence electrons. The molecule has 0 saturated heterocycles. The number of fused-ring (bicyclic) bond motifs is 1. The van der Waals surface area contributed by atoms with Crippen LogP contribution in [0.5, 0.6) is 5.75 Å². The summed E-state index contributed by atoms with van der Waals surface area (Å²) in [7, 11) is 1.69. The predicted molar refractivity (Wildman–Crippen MR) is 125 cm³/mol. The van der Waals surface area contributed by atoms with Crippen LogP contribution >= 0.6 is 0 Å². The molecule has 0 amide bonds. The lowest BCUT2D eigenvalue weighted by molar-refractivity contribution is 0.415. The molecule has 0 aliphatic carbocycles. The Morgan fingerprint density at radius 3 is 1.77 bits per heavy atom. The largest absolute Gasteiger partial charge is 0.497 e. The highest BCUT2D eigenvalue weighted by atomic mass is 16.5. The minimum absolute atomic E-state index is 0.849. The van der Waals surface area contributed by atoms with Crippen molar-refractivity contribution in [2.45, 2.75) is 0 Å². The van der Waals surface area contributed by atoms with Gasteiger partial charge in [0.2, 0.25) is 0 Å². The SMILES string of the molecule is COc1ccc(-c2c(-c3ccccc3)c(-c3ccccc3)nc3ccccc23)cc1. The van der Waals surface area contributed by atoms with Crippen LogP contribution in [-0.4, -0.2) is 12.1 Å². The third-order valence-electron chi connectivity index (χ3n) is 5.38. The smallest absolute Gasteiger partial charge is 0.118 e. The van der Waals surface area contributed by atoms with Crippen molar-refractivity contribution in [2.75, 3.05) is 7.11 Å². The fraction of sp³-hybridized carbons (Fsp3) is 0.0357. The first kappa shape index (κ1) is 18.1. The van der Waals surface area contributed by atoms with Crippen LogP contribution in [0, 0.1) is 0 Å². The lowest BCUT2D eigenvalue weighted by Crippen LogP contribution is -1.96. The minimum atomic E-state index is 0.849. The molecule has 0 saturated carbocycles. The van der Waals surface area contributed by atoms with Gasteiger partial charge in [0.1, 0.15) is 5.75 Å². The van der Waals surface area contributed by atoms with Gasteiger partial charge < -0.3 is 4.74 Å². The summed E-state index contributed by atoms with van der Waals surface area (Å²) in [6, 6.07) is 37.6. The minimum Gasteiger partial charge on any atom is -0.497 e. The maximum Gasteiger partial charge on any atom is 0.118 e. The summed E-state index contributed by atoms with van der Waals surface area (Å²) < 4.78 is 5.39. The quantitative estimate of drug-likeness (QED) is 0.324. The topological polar surface area (TPSA) is 22.1 Å². The molecule has 5 rings (SSSR count). The van der Waals surface area contributed by atoms with E-state index in [1.807, 2.05) is 30.3 Å². The highest BCUT2D eigenvalue weighted by molar-refractivity contribution is 6.07. The Morgan fingerprint density at radius 2 is 1.10 bits per heavy atom. The first-order valence-corrected chi connectivity index (χ1v) is 10.0. The summed E-state index contributed by atoms with van der Waals surface area (Å²) in [6.07, 6.45) is 0. The van der Waals surface area contributed by atoms with Crippen LogP contribution in [0.25, 0.3) is 44.4 Å². The fourth-order valence-corrected chi connectivity index (χ4v) is 3.96. The summed E-state index contributed by atoms with van der Waals surface area (Å²) in [6.45, 7) is 0. The van der Waals surface area contributed by atoms with E-state index >= 15 is 0 Å². The predicted octanol–water partition coefficient (Wildman–Crippen LogP) is 7.24. The molecule has 0 aliphatic rings. The van der Waals surface area contributed by atoms with Crippen molar-refractivity contribution < 1.29 is 4.74 Å². The summed E-state index contributed by atoms with van der Waals surface area (Å²) in [5.74, 6) is 0.849. The molecule has 4 aromatic carbocycles. The molecule has 0 spiro atoms. The van der Waals surface area contributed by atoms with Crippen molar-refractivity contribution in [2.24, 2.45) is 0 Å². The summed E-state index contributed by atoms with van der Waals surface area (Å²) >= 11 is 0. The van der Waals surface area contributed by atoms with E-state index in [1.165, 1.54) is 5.56 Å². The summed E-state index contributed by atoms with van der Waals surface area (Å²) in [5.41, 5.74) is 7.72. The molecule has 1 aromatic heterocycles. The molecule has 2 nitrogen and oxygen atoms in total. The van der Waals surface area contributed by atoms with Crippen LogP contribution in [0.1, 0.15) is 0 Å². The molecule has 0 unspecified atom stereocenters. The number of methoxy groups -OCH3 is 1. The van der Waals surface area contributed by atoms with Crippen molar-refractivity contribution in [1.29, 1.82) is 0 Å². The van der Waals surface area contributed by atoms with Gasteiger partial charge in [0, 0.05) is 22.1 Å². The second-order valence-electron chi connectivity index (χ2n) is 7.19. The maximum absolute atomic E-state index is 5.39. The lowest BCUT2D eigenvalue weighted by atomic mass is 9.88. The van der Waals surface area contributed by atoms with Gasteiger partial charge in [-0.15, -0.1) is 0 Å². The number of aromatic nitrogens is 1. The average molecular weight is 387 g/mol. The van der Waals surface area contributed by atoms with Gasteiger partial charge >= 0.3 is 0 Å². The number of hydrogen-bond acceptors (Lipinski definition) is 2. The number of ether oxygens (including phenoxy) is 1. The molecule has 0 aliphatic heterocycles. The molecule has 5 aromatic rings. The van der Waals surface area contributed by atoms with Crippen LogP contribution in [0.4, 0.5) is 0 Å². The lowest BCUT2D eigenvalue weighted by Gasteiger charge is -2.18. The zero-order chi connectivity index (χ0) is 20.3. The van der Waals surface area contributed by atoms with Gasteiger partial charge in [0.25, 0.3) is 0 Å². The van der Waals surface area contributed by atoms with E-state index < -0.39 is 0 Å². The molecule has 0 N–H and O–H groups in total. The monoisotopic (exact) mass is 387 g/mol. The van der Waals surface area contributed by atoms with Gasteiger partial charge in [0.15, 0.2) is 0 Å². The highest BCUT2D eigenvalue weighted by Crippen LogP contribution is 2.43. The Balaban J connectivity index is 1.92. The Kier molecular flexibility index (Phi) is 4.74. The van der Waals surface area contributed by atoms with E-state index in [0.717, 1.165) is 44.6 Å². The standard InChI is InChI=1S/C28H21NO/c1-30-23-18-16-21(17-19-23)26-24-14-8-9-15-25(24)29-28(22-12-6-3-7-13-22)27(26)20-10-4-2-5-11-20/h2-19H,1H3. The highest BCUT2D eigenvalue weighted by Gasteiger charge is 2.19. The molecule has 0 bridgehead atoms. The number of para-hydroxylation sites is 1. The molecule has 1 heterocycles. The Morgan fingerprint density at radius 1 is 0.533 bits per heavy atom. The molecule has 2 heteroatoms. The normalized spacial score (nSPS) is 10.8. The third kappa shape index (κ3) is 3.23. The Bertz CT molecular complexity index is 1290.